The Morgan fingerprint density at radius 2 is 2.10 bits per heavy atom. The lowest BCUT2D eigenvalue weighted by atomic mass is 10.1. The summed E-state index contributed by atoms with van der Waals surface area (Å²) in [6, 6.07) is 11.6. The molecule has 0 aliphatic heterocycles. The Morgan fingerprint density at radius 3 is 2.80 bits per heavy atom. The molecule has 0 saturated carbocycles. The Labute approximate surface area is 119 Å². The van der Waals surface area contributed by atoms with E-state index >= 15 is 0 Å². The zero-order valence-corrected chi connectivity index (χ0v) is 11.8. The second kappa shape index (κ2) is 6.30. The van der Waals surface area contributed by atoms with Crippen molar-refractivity contribution in [3.8, 4) is 0 Å². The van der Waals surface area contributed by atoms with Crippen molar-refractivity contribution in [1.82, 2.24) is 9.88 Å². The second-order valence-electron chi connectivity index (χ2n) is 4.89. The van der Waals surface area contributed by atoms with E-state index in [9.17, 15) is 4.79 Å². The normalized spacial score (nSPS) is 10.3. The highest BCUT2D eigenvalue weighted by atomic mass is 16.2. The van der Waals surface area contributed by atoms with Crippen LogP contribution in [0.1, 0.15) is 27.2 Å². The monoisotopic (exact) mass is 269 g/mol. The van der Waals surface area contributed by atoms with Crippen LogP contribution in [0.25, 0.3) is 0 Å². The van der Waals surface area contributed by atoms with Crippen LogP contribution in [0, 0.1) is 6.92 Å². The summed E-state index contributed by atoms with van der Waals surface area (Å²) in [7, 11) is 1.80. The molecule has 0 aliphatic rings. The molecule has 2 rings (SSSR count). The molecule has 0 bridgehead atoms. The van der Waals surface area contributed by atoms with E-state index in [1.54, 1.807) is 30.3 Å². The molecule has 4 nitrogen and oxygen atoms in total. The summed E-state index contributed by atoms with van der Waals surface area (Å²) in [6.07, 6.45) is 1.62. The zero-order valence-electron chi connectivity index (χ0n) is 11.8. The third-order valence-electron chi connectivity index (χ3n) is 3.12. The number of benzene rings is 1. The zero-order chi connectivity index (χ0) is 14.5. The molecule has 1 heterocycles. The Hall–Kier alpha value is -2.20. The van der Waals surface area contributed by atoms with Gasteiger partial charge in [0.1, 0.15) is 0 Å². The number of rotatable bonds is 4. The first-order valence-electron chi connectivity index (χ1n) is 6.56. The van der Waals surface area contributed by atoms with Crippen molar-refractivity contribution in [2.24, 2.45) is 5.73 Å². The van der Waals surface area contributed by atoms with Gasteiger partial charge in [0.25, 0.3) is 5.91 Å². The standard InChI is InChI=1S/C16H19N3O/c1-12-4-3-5-13(8-12)11-19(2)16(20)14-6-7-18-15(9-14)10-17/h3-9H,10-11,17H2,1-2H3. The van der Waals surface area contributed by atoms with Crippen molar-refractivity contribution >= 4 is 5.91 Å². The van der Waals surface area contributed by atoms with Crippen molar-refractivity contribution < 1.29 is 4.79 Å². The van der Waals surface area contributed by atoms with Gasteiger partial charge in [-0.25, -0.2) is 0 Å². The smallest absolute Gasteiger partial charge is 0.254 e. The number of nitrogens with zero attached hydrogens (tertiary/aromatic N) is 2. The number of hydrogen-bond donors (Lipinski definition) is 1. The van der Waals surface area contributed by atoms with Crippen molar-refractivity contribution in [2.75, 3.05) is 7.05 Å². The summed E-state index contributed by atoms with van der Waals surface area (Å²) in [6.45, 7) is 2.96. The second-order valence-corrected chi connectivity index (χ2v) is 4.89. The van der Waals surface area contributed by atoms with Crippen LogP contribution >= 0.6 is 0 Å². The minimum absolute atomic E-state index is 0.0244. The van der Waals surface area contributed by atoms with Crippen LogP contribution in [-0.2, 0) is 13.1 Å². The van der Waals surface area contributed by atoms with Crippen molar-refractivity contribution in [3.63, 3.8) is 0 Å². The van der Waals surface area contributed by atoms with Crippen molar-refractivity contribution in [3.05, 3.63) is 65.0 Å². The molecular weight excluding hydrogens is 250 g/mol. The molecule has 1 aromatic heterocycles. The van der Waals surface area contributed by atoms with Gasteiger partial charge in [0, 0.05) is 31.9 Å². The highest BCUT2D eigenvalue weighted by Gasteiger charge is 2.12. The van der Waals surface area contributed by atoms with Gasteiger partial charge in [-0.2, -0.15) is 0 Å². The summed E-state index contributed by atoms with van der Waals surface area (Å²) in [5.74, 6) is -0.0244. The predicted molar refractivity (Wildman–Crippen MR) is 79.1 cm³/mol. The van der Waals surface area contributed by atoms with Crippen LogP contribution in [0.2, 0.25) is 0 Å². The average molecular weight is 269 g/mol. The molecule has 0 fully saturated rings. The molecule has 2 N–H and O–H groups in total. The number of aryl methyl sites for hydroxylation is 1. The molecule has 0 spiro atoms. The third-order valence-corrected chi connectivity index (χ3v) is 3.12. The van der Waals surface area contributed by atoms with Crippen molar-refractivity contribution in [1.29, 1.82) is 0 Å². The maximum Gasteiger partial charge on any atom is 0.254 e. The molecule has 1 amide bonds. The van der Waals surface area contributed by atoms with Gasteiger partial charge in [-0.15, -0.1) is 0 Å². The van der Waals surface area contributed by atoms with Gasteiger partial charge in [-0.3, -0.25) is 9.78 Å². The Morgan fingerprint density at radius 1 is 1.30 bits per heavy atom. The van der Waals surface area contributed by atoms with Gasteiger partial charge in [-0.05, 0) is 24.6 Å². The van der Waals surface area contributed by atoms with E-state index in [0.29, 0.717) is 18.7 Å². The molecule has 0 aliphatic carbocycles. The summed E-state index contributed by atoms with van der Waals surface area (Å²) < 4.78 is 0. The first-order valence-corrected chi connectivity index (χ1v) is 6.56. The molecule has 1 aromatic carbocycles. The molecule has 0 atom stereocenters. The Balaban J connectivity index is 2.12. The molecule has 0 unspecified atom stereocenters. The number of carbonyl (C=O) groups excluding carboxylic acids is 1. The van der Waals surface area contributed by atoms with Crippen LogP contribution in [0.3, 0.4) is 0 Å². The number of aromatic nitrogens is 1. The maximum absolute atomic E-state index is 12.4. The fourth-order valence-corrected chi connectivity index (χ4v) is 2.10. The minimum Gasteiger partial charge on any atom is -0.337 e. The quantitative estimate of drug-likeness (QED) is 0.925. The lowest BCUT2D eigenvalue weighted by Gasteiger charge is -2.18. The van der Waals surface area contributed by atoms with Crippen LogP contribution in [0.4, 0.5) is 0 Å². The largest absolute Gasteiger partial charge is 0.337 e. The van der Waals surface area contributed by atoms with Gasteiger partial charge >= 0.3 is 0 Å². The molecule has 2 aromatic rings. The predicted octanol–water partition coefficient (Wildman–Crippen LogP) is 2.12. The first-order chi connectivity index (χ1) is 9.60. The van der Waals surface area contributed by atoms with E-state index in [1.165, 1.54) is 5.56 Å². The third kappa shape index (κ3) is 3.42. The highest BCUT2D eigenvalue weighted by molar-refractivity contribution is 5.94. The minimum atomic E-state index is -0.0244. The number of pyridine rings is 1. The lowest BCUT2D eigenvalue weighted by Crippen LogP contribution is -2.26. The topological polar surface area (TPSA) is 59.2 Å². The molecule has 4 heteroatoms. The van der Waals surface area contributed by atoms with Crippen LogP contribution in [-0.4, -0.2) is 22.8 Å². The number of nitrogens with two attached hydrogens (primary N) is 1. The number of carbonyl (C=O) groups is 1. The Kier molecular flexibility index (Phi) is 4.48. The van der Waals surface area contributed by atoms with E-state index in [0.717, 1.165) is 11.3 Å². The van der Waals surface area contributed by atoms with Gasteiger partial charge in [0.2, 0.25) is 0 Å². The van der Waals surface area contributed by atoms with Gasteiger partial charge in [0.15, 0.2) is 0 Å². The van der Waals surface area contributed by atoms with E-state index < -0.39 is 0 Å². The fraction of sp³-hybridized carbons (Fsp3) is 0.250. The average Bonchev–Trinajstić information content (AvgIpc) is 2.46. The number of amides is 1. The van der Waals surface area contributed by atoms with Crippen LogP contribution in [0.5, 0.6) is 0 Å². The summed E-state index contributed by atoms with van der Waals surface area (Å²) in [5.41, 5.74) is 9.20. The van der Waals surface area contributed by atoms with Crippen molar-refractivity contribution in [2.45, 2.75) is 20.0 Å². The molecule has 0 radical (unpaired) electrons. The van der Waals surface area contributed by atoms with E-state index in [2.05, 4.69) is 11.1 Å². The van der Waals surface area contributed by atoms with E-state index in [1.807, 2.05) is 25.1 Å². The van der Waals surface area contributed by atoms with Crippen LogP contribution < -0.4 is 5.73 Å². The fourth-order valence-electron chi connectivity index (χ4n) is 2.10. The van der Waals surface area contributed by atoms with Gasteiger partial charge in [0.05, 0.1) is 5.69 Å². The Bertz CT molecular complexity index is 610. The summed E-state index contributed by atoms with van der Waals surface area (Å²) in [5, 5.41) is 0. The molecule has 20 heavy (non-hydrogen) atoms. The highest BCUT2D eigenvalue weighted by Crippen LogP contribution is 2.10. The first kappa shape index (κ1) is 14.2. The van der Waals surface area contributed by atoms with E-state index in [-0.39, 0.29) is 5.91 Å². The van der Waals surface area contributed by atoms with Gasteiger partial charge in [-0.1, -0.05) is 29.8 Å². The van der Waals surface area contributed by atoms with Crippen LogP contribution in [0.15, 0.2) is 42.6 Å². The SMILES string of the molecule is Cc1cccc(CN(C)C(=O)c2ccnc(CN)c2)c1. The molecular formula is C16H19N3O. The summed E-state index contributed by atoms with van der Waals surface area (Å²) in [4.78, 5) is 18.2. The molecule has 0 saturated heterocycles. The number of hydrogen-bond acceptors (Lipinski definition) is 3. The lowest BCUT2D eigenvalue weighted by molar-refractivity contribution is 0.0785. The van der Waals surface area contributed by atoms with Gasteiger partial charge < -0.3 is 10.6 Å². The summed E-state index contributed by atoms with van der Waals surface area (Å²) >= 11 is 0. The van der Waals surface area contributed by atoms with E-state index in [4.69, 9.17) is 5.73 Å². The maximum atomic E-state index is 12.4. The molecule has 104 valence electrons.